The highest BCUT2D eigenvalue weighted by atomic mass is 16.5. The molecule has 0 spiro atoms. The summed E-state index contributed by atoms with van der Waals surface area (Å²) < 4.78 is 10.9. The summed E-state index contributed by atoms with van der Waals surface area (Å²) in [7, 11) is 1.59. The molecule has 5 nitrogen and oxygen atoms in total. The number of carbonyl (C=O) groups is 1. The van der Waals surface area contributed by atoms with Gasteiger partial charge < -0.3 is 9.47 Å². The van der Waals surface area contributed by atoms with Gasteiger partial charge >= 0.3 is 0 Å². The van der Waals surface area contributed by atoms with Gasteiger partial charge in [0.25, 0.3) is 5.91 Å². The Balaban J connectivity index is 1.59. The SMILES string of the molecule is COc1ccccc1/C=N\NC(=O)COc1ccccc1-c1ccccc1. The number of rotatable bonds is 7. The van der Waals surface area contributed by atoms with Crippen molar-refractivity contribution in [1.82, 2.24) is 5.43 Å². The van der Waals surface area contributed by atoms with E-state index in [9.17, 15) is 4.79 Å². The maximum absolute atomic E-state index is 12.0. The normalized spacial score (nSPS) is 10.6. The molecule has 0 bridgehead atoms. The first-order valence-corrected chi connectivity index (χ1v) is 8.50. The van der Waals surface area contributed by atoms with Crippen LogP contribution >= 0.6 is 0 Å². The molecule has 0 heterocycles. The van der Waals surface area contributed by atoms with Gasteiger partial charge in [-0.05, 0) is 23.8 Å². The van der Waals surface area contributed by atoms with Crippen LogP contribution in [0.5, 0.6) is 11.5 Å². The first-order chi connectivity index (χ1) is 13.3. The number of hydrogen-bond acceptors (Lipinski definition) is 4. The van der Waals surface area contributed by atoms with E-state index in [4.69, 9.17) is 9.47 Å². The molecule has 3 aromatic carbocycles. The van der Waals surface area contributed by atoms with E-state index in [0.717, 1.165) is 16.7 Å². The predicted octanol–water partition coefficient (Wildman–Crippen LogP) is 3.89. The summed E-state index contributed by atoms with van der Waals surface area (Å²) in [4.78, 5) is 12.0. The Kier molecular flexibility index (Phi) is 6.20. The van der Waals surface area contributed by atoms with Crippen LogP contribution in [0.4, 0.5) is 0 Å². The lowest BCUT2D eigenvalue weighted by atomic mass is 10.1. The maximum Gasteiger partial charge on any atom is 0.277 e. The first kappa shape index (κ1) is 18.2. The van der Waals surface area contributed by atoms with E-state index in [-0.39, 0.29) is 12.5 Å². The van der Waals surface area contributed by atoms with Gasteiger partial charge in [0, 0.05) is 11.1 Å². The smallest absolute Gasteiger partial charge is 0.277 e. The van der Waals surface area contributed by atoms with Gasteiger partial charge in [-0.15, -0.1) is 0 Å². The number of nitrogens with zero attached hydrogens (tertiary/aromatic N) is 1. The summed E-state index contributed by atoms with van der Waals surface area (Å²) in [5.74, 6) is 0.986. The minimum absolute atomic E-state index is 0.132. The molecular weight excluding hydrogens is 340 g/mol. The Morgan fingerprint density at radius 2 is 1.59 bits per heavy atom. The van der Waals surface area contributed by atoms with Gasteiger partial charge in [-0.25, -0.2) is 5.43 Å². The van der Waals surface area contributed by atoms with Crippen molar-refractivity contribution >= 4 is 12.1 Å². The van der Waals surface area contributed by atoms with Gasteiger partial charge in [-0.1, -0.05) is 60.7 Å². The fourth-order valence-electron chi connectivity index (χ4n) is 2.57. The average Bonchev–Trinajstić information content (AvgIpc) is 2.73. The molecule has 0 fully saturated rings. The van der Waals surface area contributed by atoms with Crippen molar-refractivity contribution in [2.75, 3.05) is 13.7 Å². The molecule has 0 saturated heterocycles. The maximum atomic E-state index is 12.0. The highest BCUT2D eigenvalue weighted by Gasteiger charge is 2.07. The minimum atomic E-state index is -0.344. The number of benzene rings is 3. The second kappa shape index (κ2) is 9.20. The molecule has 3 rings (SSSR count). The first-order valence-electron chi connectivity index (χ1n) is 8.50. The summed E-state index contributed by atoms with van der Waals surface area (Å²) in [5.41, 5.74) is 5.20. The number of nitrogens with one attached hydrogen (secondary N) is 1. The van der Waals surface area contributed by atoms with E-state index in [2.05, 4.69) is 10.5 Å². The van der Waals surface area contributed by atoms with Gasteiger partial charge in [0.05, 0.1) is 13.3 Å². The molecule has 0 aromatic heterocycles. The molecule has 1 amide bonds. The molecule has 0 aliphatic rings. The zero-order valence-electron chi connectivity index (χ0n) is 15.0. The second-order valence-electron chi connectivity index (χ2n) is 5.69. The van der Waals surface area contributed by atoms with Crippen molar-refractivity contribution in [3.8, 4) is 22.6 Å². The van der Waals surface area contributed by atoms with Gasteiger partial charge in [0.2, 0.25) is 0 Å². The third-order valence-electron chi connectivity index (χ3n) is 3.86. The van der Waals surface area contributed by atoms with E-state index in [1.54, 1.807) is 7.11 Å². The van der Waals surface area contributed by atoms with Crippen molar-refractivity contribution in [1.29, 1.82) is 0 Å². The molecule has 136 valence electrons. The largest absolute Gasteiger partial charge is 0.496 e. The Bertz CT molecular complexity index is 924. The Hall–Kier alpha value is -3.60. The number of hydrazone groups is 1. The number of carbonyl (C=O) groups excluding carboxylic acids is 1. The Morgan fingerprint density at radius 3 is 2.37 bits per heavy atom. The molecule has 0 aliphatic heterocycles. The summed E-state index contributed by atoms with van der Waals surface area (Å²) in [5, 5.41) is 3.96. The van der Waals surface area contributed by atoms with Gasteiger partial charge in [-0.3, -0.25) is 4.79 Å². The zero-order chi connectivity index (χ0) is 18.9. The molecule has 0 aliphatic carbocycles. The summed E-state index contributed by atoms with van der Waals surface area (Å²) in [6.07, 6.45) is 1.54. The zero-order valence-corrected chi connectivity index (χ0v) is 15.0. The highest BCUT2D eigenvalue weighted by Crippen LogP contribution is 2.29. The fraction of sp³-hybridized carbons (Fsp3) is 0.0909. The Morgan fingerprint density at radius 1 is 0.926 bits per heavy atom. The molecule has 0 atom stereocenters. The van der Waals surface area contributed by atoms with E-state index in [1.807, 2.05) is 78.9 Å². The number of amides is 1. The molecule has 0 saturated carbocycles. The fourth-order valence-corrected chi connectivity index (χ4v) is 2.57. The minimum Gasteiger partial charge on any atom is -0.496 e. The van der Waals surface area contributed by atoms with Gasteiger partial charge in [0.1, 0.15) is 11.5 Å². The van der Waals surface area contributed by atoms with Crippen molar-refractivity contribution in [2.24, 2.45) is 5.10 Å². The van der Waals surface area contributed by atoms with E-state index in [1.165, 1.54) is 6.21 Å². The molecular formula is C22H20N2O3. The van der Waals surface area contributed by atoms with E-state index >= 15 is 0 Å². The average molecular weight is 360 g/mol. The number of ether oxygens (including phenoxy) is 2. The number of methoxy groups -OCH3 is 1. The van der Waals surface area contributed by atoms with Crippen LogP contribution in [-0.4, -0.2) is 25.8 Å². The topological polar surface area (TPSA) is 59.9 Å². The highest BCUT2D eigenvalue weighted by molar-refractivity contribution is 5.85. The van der Waals surface area contributed by atoms with Crippen LogP contribution in [0.25, 0.3) is 11.1 Å². The molecule has 1 N–H and O–H groups in total. The standard InChI is InChI=1S/C22H20N2O3/c1-26-20-13-7-5-11-18(20)15-23-24-22(25)16-27-21-14-8-6-12-19(21)17-9-3-2-4-10-17/h2-15H,16H2,1H3,(H,24,25)/b23-15-. The van der Waals surface area contributed by atoms with Gasteiger partial charge in [0.15, 0.2) is 6.61 Å². The second-order valence-corrected chi connectivity index (χ2v) is 5.69. The van der Waals surface area contributed by atoms with Crippen molar-refractivity contribution in [3.05, 3.63) is 84.4 Å². The van der Waals surface area contributed by atoms with Crippen LogP contribution < -0.4 is 14.9 Å². The van der Waals surface area contributed by atoms with Crippen LogP contribution in [-0.2, 0) is 4.79 Å². The lowest BCUT2D eigenvalue weighted by molar-refractivity contribution is -0.123. The predicted molar refractivity (Wildman–Crippen MR) is 106 cm³/mol. The molecule has 0 radical (unpaired) electrons. The summed E-state index contributed by atoms with van der Waals surface area (Å²) in [6.45, 7) is -0.132. The van der Waals surface area contributed by atoms with E-state index < -0.39 is 0 Å². The van der Waals surface area contributed by atoms with Crippen LogP contribution in [0, 0.1) is 0 Å². The van der Waals surface area contributed by atoms with Crippen LogP contribution in [0.1, 0.15) is 5.56 Å². The van der Waals surface area contributed by atoms with Crippen LogP contribution in [0.3, 0.4) is 0 Å². The number of para-hydroxylation sites is 2. The molecule has 27 heavy (non-hydrogen) atoms. The van der Waals surface area contributed by atoms with Crippen molar-refractivity contribution in [2.45, 2.75) is 0 Å². The lowest BCUT2D eigenvalue weighted by Gasteiger charge is -2.11. The summed E-state index contributed by atoms with van der Waals surface area (Å²) >= 11 is 0. The van der Waals surface area contributed by atoms with E-state index in [0.29, 0.717) is 11.5 Å². The Labute approximate surface area is 158 Å². The van der Waals surface area contributed by atoms with Crippen molar-refractivity contribution in [3.63, 3.8) is 0 Å². The lowest BCUT2D eigenvalue weighted by Crippen LogP contribution is -2.24. The molecule has 0 unspecified atom stereocenters. The summed E-state index contributed by atoms with van der Waals surface area (Å²) in [6, 6.07) is 24.9. The third kappa shape index (κ3) is 4.95. The molecule has 3 aromatic rings. The quantitative estimate of drug-likeness (QED) is 0.514. The van der Waals surface area contributed by atoms with Crippen LogP contribution in [0.15, 0.2) is 84.0 Å². The third-order valence-corrected chi connectivity index (χ3v) is 3.86. The van der Waals surface area contributed by atoms with Gasteiger partial charge in [-0.2, -0.15) is 5.10 Å². The monoisotopic (exact) mass is 360 g/mol. The van der Waals surface area contributed by atoms with Crippen molar-refractivity contribution < 1.29 is 14.3 Å². The van der Waals surface area contributed by atoms with Crippen LogP contribution in [0.2, 0.25) is 0 Å². The molecule has 5 heteroatoms. The number of hydrogen-bond donors (Lipinski definition) is 1.